The highest BCUT2D eigenvalue weighted by molar-refractivity contribution is 5.79. The number of aliphatic hydroxyl groups excluding tert-OH is 1. The van der Waals surface area contributed by atoms with Crippen LogP contribution >= 0.6 is 0 Å². The molecule has 0 aliphatic carbocycles. The summed E-state index contributed by atoms with van der Waals surface area (Å²) < 4.78 is 2.32. The highest BCUT2D eigenvalue weighted by atomic mass is 16.2. The summed E-state index contributed by atoms with van der Waals surface area (Å²) in [5.41, 5.74) is 8.77. The number of unbranched alkanes of at least 4 members (excludes halogenated alkanes) is 3. The highest BCUT2D eigenvalue weighted by Crippen LogP contribution is 2.24. The lowest BCUT2D eigenvalue weighted by atomic mass is 10.2. The molecule has 1 aromatic heterocycles. The van der Waals surface area contributed by atoms with Gasteiger partial charge in [-0.25, -0.2) is 4.98 Å². The minimum Gasteiger partial charge on any atom is -0.399 e. The summed E-state index contributed by atoms with van der Waals surface area (Å²) in [6, 6.07) is 5.96. The summed E-state index contributed by atoms with van der Waals surface area (Å²) in [5, 5.41) is 8.81. The summed E-state index contributed by atoms with van der Waals surface area (Å²) in [7, 11) is 0. The van der Waals surface area contributed by atoms with Crippen molar-refractivity contribution in [3.63, 3.8) is 0 Å². The molecule has 0 fully saturated rings. The predicted molar refractivity (Wildman–Crippen MR) is 83.8 cm³/mol. The molecular formula is C16H25N3O. The molecule has 2 aromatic rings. The molecule has 1 heterocycles. The van der Waals surface area contributed by atoms with E-state index in [1.54, 1.807) is 0 Å². The molecule has 0 saturated heterocycles. The normalized spacial score (nSPS) is 11.6. The van der Waals surface area contributed by atoms with E-state index in [0.717, 1.165) is 49.3 Å². The molecule has 0 bridgehead atoms. The van der Waals surface area contributed by atoms with Crippen LogP contribution in [0.1, 0.15) is 51.3 Å². The van der Waals surface area contributed by atoms with Gasteiger partial charge in [0.15, 0.2) is 0 Å². The molecule has 110 valence electrons. The van der Waals surface area contributed by atoms with E-state index in [0.29, 0.717) is 12.5 Å². The van der Waals surface area contributed by atoms with Crippen LogP contribution in [0.4, 0.5) is 5.69 Å². The maximum Gasteiger partial charge on any atom is 0.112 e. The number of anilines is 1. The van der Waals surface area contributed by atoms with Gasteiger partial charge >= 0.3 is 0 Å². The predicted octanol–water partition coefficient (Wildman–Crippen LogP) is 3.29. The van der Waals surface area contributed by atoms with Crippen LogP contribution in [0, 0.1) is 0 Å². The first kappa shape index (κ1) is 14.9. The zero-order valence-electron chi connectivity index (χ0n) is 12.5. The van der Waals surface area contributed by atoms with Gasteiger partial charge in [-0.15, -0.1) is 0 Å². The standard InChI is InChI=1S/C16H25N3O/c1-12(2)16-18-14-11-13(17)7-8-15(14)19(16)9-5-3-4-6-10-20/h7-8,11-12,20H,3-6,9-10,17H2,1-2H3. The molecule has 0 aliphatic rings. The van der Waals surface area contributed by atoms with Crippen molar-refractivity contribution in [2.75, 3.05) is 12.3 Å². The smallest absolute Gasteiger partial charge is 0.112 e. The molecule has 2 rings (SSSR count). The molecule has 4 heteroatoms. The van der Waals surface area contributed by atoms with Crippen LogP contribution in [-0.2, 0) is 6.54 Å². The van der Waals surface area contributed by atoms with Crippen molar-refractivity contribution >= 4 is 16.7 Å². The van der Waals surface area contributed by atoms with Crippen LogP contribution in [0.25, 0.3) is 11.0 Å². The topological polar surface area (TPSA) is 64.1 Å². The van der Waals surface area contributed by atoms with E-state index >= 15 is 0 Å². The average molecular weight is 275 g/mol. The Morgan fingerprint density at radius 3 is 2.65 bits per heavy atom. The van der Waals surface area contributed by atoms with Gasteiger partial charge in [-0.2, -0.15) is 0 Å². The lowest BCUT2D eigenvalue weighted by molar-refractivity contribution is 0.282. The second-order valence-electron chi connectivity index (χ2n) is 5.66. The molecule has 0 unspecified atom stereocenters. The summed E-state index contributed by atoms with van der Waals surface area (Å²) in [6.45, 7) is 5.63. The summed E-state index contributed by atoms with van der Waals surface area (Å²) in [5.74, 6) is 1.54. The molecule has 4 nitrogen and oxygen atoms in total. The zero-order valence-corrected chi connectivity index (χ0v) is 12.5. The molecule has 0 saturated carbocycles. The molecule has 0 spiro atoms. The number of aryl methyl sites for hydroxylation is 1. The Bertz CT molecular complexity index is 560. The van der Waals surface area contributed by atoms with E-state index in [4.69, 9.17) is 15.8 Å². The second-order valence-corrected chi connectivity index (χ2v) is 5.66. The first-order chi connectivity index (χ1) is 9.63. The van der Waals surface area contributed by atoms with Gasteiger partial charge in [0.1, 0.15) is 5.82 Å². The number of benzene rings is 1. The Morgan fingerprint density at radius 1 is 1.20 bits per heavy atom. The molecule has 3 N–H and O–H groups in total. The molecule has 0 amide bonds. The maximum absolute atomic E-state index is 8.81. The lowest BCUT2D eigenvalue weighted by Gasteiger charge is -2.11. The lowest BCUT2D eigenvalue weighted by Crippen LogP contribution is -2.05. The van der Waals surface area contributed by atoms with E-state index in [1.807, 2.05) is 12.1 Å². The Morgan fingerprint density at radius 2 is 1.95 bits per heavy atom. The number of hydrogen-bond donors (Lipinski definition) is 2. The SMILES string of the molecule is CC(C)c1nc2cc(N)ccc2n1CCCCCCO. The maximum atomic E-state index is 8.81. The molecular weight excluding hydrogens is 250 g/mol. The van der Waals surface area contributed by atoms with Crippen molar-refractivity contribution in [2.45, 2.75) is 52.0 Å². The summed E-state index contributed by atoms with van der Waals surface area (Å²) in [6.07, 6.45) is 4.26. The van der Waals surface area contributed by atoms with Crippen molar-refractivity contribution in [3.05, 3.63) is 24.0 Å². The van der Waals surface area contributed by atoms with Gasteiger partial charge in [0.2, 0.25) is 0 Å². The van der Waals surface area contributed by atoms with Gasteiger partial charge in [0.05, 0.1) is 11.0 Å². The minimum atomic E-state index is 0.296. The number of nitrogens with zero attached hydrogens (tertiary/aromatic N) is 2. The minimum absolute atomic E-state index is 0.296. The number of aromatic nitrogens is 2. The Hall–Kier alpha value is -1.55. The van der Waals surface area contributed by atoms with Gasteiger partial charge in [0.25, 0.3) is 0 Å². The van der Waals surface area contributed by atoms with Crippen molar-refractivity contribution < 1.29 is 5.11 Å². The number of aliphatic hydroxyl groups is 1. The number of rotatable bonds is 7. The van der Waals surface area contributed by atoms with Crippen LogP contribution in [0.3, 0.4) is 0 Å². The molecule has 0 aliphatic heterocycles. The fourth-order valence-electron chi connectivity index (χ4n) is 2.58. The Labute approximate surface area is 120 Å². The molecule has 1 aromatic carbocycles. The van der Waals surface area contributed by atoms with E-state index < -0.39 is 0 Å². The third-order valence-electron chi connectivity index (χ3n) is 3.61. The average Bonchev–Trinajstić information content (AvgIpc) is 2.76. The Kier molecular flexibility index (Phi) is 5.01. The van der Waals surface area contributed by atoms with E-state index in [1.165, 1.54) is 5.52 Å². The van der Waals surface area contributed by atoms with E-state index in [9.17, 15) is 0 Å². The van der Waals surface area contributed by atoms with Gasteiger partial charge in [-0.3, -0.25) is 0 Å². The summed E-state index contributed by atoms with van der Waals surface area (Å²) >= 11 is 0. The number of nitrogens with two attached hydrogens (primary N) is 1. The van der Waals surface area contributed by atoms with Crippen molar-refractivity contribution in [1.29, 1.82) is 0 Å². The quantitative estimate of drug-likeness (QED) is 0.602. The van der Waals surface area contributed by atoms with Crippen LogP contribution in [-0.4, -0.2) is 21.3 Å². The van der Waals surface area contributed by atoms with E-state index in [2.05, 4.69) is 24.5 Å². The molecule has 0 radical (unpaired) electrons. The van der Waals surface area contributed by atoms with Crippen LogP contribution in [0.2, 0.25) is 0 Å². The van der Waals surface area contributed by atoms with Gasteiger partial charge < -0.3 is 15.4 Å². The molecule has 20 heavy (non-hydrogen) atoms. The number of hydrogen-bond acceptors (Lipinski definition) is 3. The van der Waals surface area contributed by atoms with Crippen LogP contribution in [0.5, 0.6) is 0 Å². The highest BCUT2D eigenvalue weighted by Gasteiger charge is 2.13. The fraction of sp³-hybridized carbons (Fsp3) is 0.562. The number of fused-ring (bicyclic) bond motifs is 1. The fourth-order valence-corrected chi connectivity index (χ4v) is 2.58. The number of nitrogen functional groups attached to an aromatic ring is 1. The van der Waals surface area contributed by atoms with E-state index in [-0.39, 0.29) is 0 Å². The first-order valence-electron chi connectivity index (χ1n) is 7.50. The third-order valence-corrected chi connectivity index (χ3v) is 3.61. The van der Waals surface area contributed by atoms with Gasteiger partial charge in [-0.05, 0) is 31.0 Å². The third kappa shape index (κ3) is 3.31. The second kappa shape index (κ2) is 6.75. The Balaban J connectivity index is 2.18. The molecule has 0 atom stereocenters. The van der Waals surface area contributed by atoms with Gasteiger partial charge in [-0.1, -0.05) is 26.7 Å². The van der Waals surface area contributed by atoms with Crippen LogP contribution < -0.4 is 5.73 Å². The monoisotopic (exact) mass is 275 g/mol. The zero-order chi connectivity index (χ0) is 14.5. The van der Waals surface area contributed by atoms with Crippen molar-refractivity contribution in [2.24, 2.45) is 0 Å². The van der Waals surface area contributed by atoms with Gasteiger partial charge in [0, 0.05) is 24.8 Å². The first-order valence-corrected chi connectivity index (χ1v) is 7.50. The number of imidazole rings is 1. The largest absolute Gasteiger partial charge is 0.399 e. The van der Waals surface area contributed by atoms with Crippen LogP contribution in [0.15, 0.2) is 18.2 Å². The summed E-state index contributed by atoms with van der Waals surface area (Å²) in [4.78, 5) is 4.73. The van der Waals surface area contributed by atoms with Crippen molar-refractivity contribution in [3.8, 4) is 0 Å². The van der Waals surface area contributed by atoms with Crippen molar-refractivity contribution in [1.82, 2.24) is 9.55 Å².